The third kappa shape index (κ3) is 4.97. The highest BCUT2D eigenvalue weighted by Gasteiger charge is 2.96. The van der Waals surface area contributed by atoms with Crippen LogP contribution in [0.25, 0.3) is 0 Å². The average Bonchev–Trinajstić information content (AvgIpc) is 2.69. The van der Waals surface area contributed by atoms with Crippen LogP contribution in [0.15, 0.2) is 0 Å². The molecule has 0 spiro atoms. The molecule has 0 N–H and O–H groups in total. The van der Waals surface area contributed by atoms with E-state index in [0.29, 0.717) is 0 Å². The van der Waals surface area contributed by atoms with Crippen LogP contribution in [0.5, 0.6) is 0 Å². The molecule has 0 saturated heterocycles. The molecule has 0 heterocycles. The molecule has 0 aromatic heterocycles. The first-order valence-corrected chi connectivity index (χ1v) is 10.9. The van der Waals surface area contributed by atoms with E-state index in [4.69, 9.17) is 0 Å². The minimum absolute atomic E-state index is 0.122. The fraction of sp³-hybridized carbons (Fsp3) is 1.00. The fourth-order valence-electron chi connectivity index (χ4n) is 2.62. The van der Waals surface area contributed by atoms with Gasteiger partial charge in [0.1, 0.15) is 0 Å². The lowest BCUT2D eigenvalue weighted by Crippen LogP contribution is -2.75. The molecule has 0 aromatic carbocycles. The van der Waals surface area contributed by atoms with Crippen molar-refractivity contribution >= 4 is 9.68 Å². The Labute approximate surface area is 191 Å². The summed E-state index contributed by atoms with van der Waals surface area (Å²) in [6.07, 6.45) is -10.3. The summed E-state index contributed by atoms with van der Waals surface area (Å²) in [5.41, 5.74) is 0. The van der Waals surface area contributed by atoms with E-state index in [9.17, 15) is 83.4 Å². The lowest BCUT2D eigenvalue weighted by atomic mass is 9.87. The molecule has 218 valence electrons. The SMILES string of the molecule is CCN(CC)[SiH2]CCC(F)(F)C(F)(F)C(F)(F)C(F)(F)C(F)(F)C(F)(F)C(F)(F)C(F)(F)C(F)(F)F. The molecule has 0 atom stereocenters. The van der Waals surface area contributed by atoms with E-state index in [2.05, 4.69) is 0 Å². The first-order valence-electron chi connectivity index (χ1n) is 9.31. The summed E-state index contributed by atoms with van der Waals surface area (Å²) in [5, 5.41) is 0. The van der Waals surface area contributed by atoms with Gasteiger partial charge in [-0.05, 0) is 19.1 Å². The second kappa shape index (κ2) is 9.86. The van der Waals surface area contributed by atoms with Gasteiger partial charge in [0, 0.05) is 6.42 Å². The maximum Gasteiger partial charge on any atom is 0.460 e. The predicted octanol–water partition coefficient (Wildman–Crippen LogP) is 6.87. The highest BCUT2D eigenvalue weighted by molar-refractivity contribution is 6.31. The van der Waals surface area contributed by atoms with Crippen LogP contribution in [0.2, 0.25) is 6.04 Å². The Morgan fingerprint density at radius 3 is 1.00 bits per heavy atom. The molecule has 21 heteroatoms. The molecule has 0 aliphatic heterocycles. The molecular weight excluding hydrogens is 583 g/mol. The molecule has 0 rings (SSSR count). The number of hydrogen-bond acceptors (Lipinski definition) is 1. The van der Waals surface area contributed by atoms with Crippen molar-refractivity contribution in [2.75, 3.05) is 13.1 Å². The van der Waals surface area contributed by atoms with E-state index in [-0.39, 0.29) is 13.1 Å². The Kier molecular flexibility index (Phi) is 9.55. The van der Waals surface area contributed by atoms with E-state index >= 15 is 0 Å². The highest BCUT2D eigenvalue weighted by Crippen LogP contribution is 2.65. The van der Waals surface area contributed by atoms with Crippen molar-refractivity contribution in [2.24, 2.45) is 0 Å². The Hall–Kier alpha value is -1.15. The number of alkyl halides is 19. The molecule has 0 radical (unpaired) electrons. The van der Waals surface area contributed by atoms with Crippen molar-refractivity contribution in [3.8, 4) is 0 Å². The molecule has 0 bridgehead atoms. The van der Waals surface area contributed by atoms with Gasteiger partial charge in [0.15, 0.2) is 0 Å². The quantitative estimate of drug-likeness (QED) is 0.165. The first kappa shape index (κ1) is 34.8. The van der Waals surface area contributed by atoms with Gasteiger partial charge in [-0.3, -0.25) is 0 Å². The molecule has 0 aromatic rings. The minimum atomic E-state index is -8.86. The third-order valence-corrected chi connectivity index (χ3v) is 7.24. The minimum Gasteiger partial charge on any atom is -0.330 e. The second-order valence-electron chi connectivity index (χ2n) is 7.35. The first-order chi connectivity index (χ1) is 15.5. The van der Waals surface area contributed by atoms with Gasteiger partial charge in [-0.25, -0.2) is 0 Å². The van der Waals surface area contributed by atoms with Gasteiger partial charge < -0.3 is 4.57 Å². The van der Waals surface area contributed by atoms with Crippen LogP contribution in [0.1, 0.15) is 20.3 Å². The van der Waals surface area contributed by atoms with E-state index in [1.165, 1.54) is 18.4 Å². The third-order valence-electron chi connectivity index (χ3n) is 5.04. The summed E-state index contributed by atoms with van der Waals surface area (Å²) < 4.78 is 252. The highest BCUT2D eigenvalue weighted by atomic mass is 28.2. The topological polar surface area (TPSA) is 3.24 Å². The van der Waals surface area contributed by atoms with Gasteiger partial charge >= 0.3 is 53.6 Å². The number of hydrogen-bond donors (Lipinski definition) is 0. The summed E-state index contributed by atoms with van der Waals surface area (Å²) in [4.78, 5) is 0. The summed E-state index contributed by atoms with van der Waals surface area (Å²) in [6, 6.07) is -1.08. The molecule has 0 fully saturated rings. The zero-order valence-electron chi connectivity index (χ0n) is 17.7. The van der Waals surface area contributed by atoms with Crippen LogP contribution in [-0.4, -0.2) is 80.9 Å². The molecule has 0 saturated carbocycles. The zero-order valence-corrected chi connectivity index (χ0v) is 19.1. The van der Waals surface area contributed by atoms with Crippen LogP contribution in [0.4, 0.5) is 83.4 Å². The fourth-order valence-corrected chi connectivity index (χ4v) is 4.30. The standard InChI is InChI=1S/C15H16F19NSi/c1-3-35(4-2)36-6-5-7(16,17)8(18,19)9(20,21)10(22,23)11(24,25)12(26,27)13(28,29)14(30,31)15(32,33)34/h3-6,36H2,1-2H3. The Morgan fingerprint density at radius 1 is 0.444 bits per heavy atom. The summed E-state index contributed by atoms with van der Waals surface area (Å²) in [7, 11) is -1.96. The molecule has 1 nitrogen and oxygen atoms in total. The lowest BCUT2D eigenvalue weighted by molar-refractivity contribution is -0.468. The van der Waals surface area contributed by atoms with Crippen molar-refractivity contribution in [1.82, 2.24) is 4.57 Å². The van der Waals surface area contributed by atoms with Crippen molar-refractivity contribution in [1.29, 1.82) is 0 Å². The van der Waals surface area contributed by atoms with Crippen molar-refractivity contribution in [2.45, 2.75) is 79.9 Å². The van der Waals surface area contributed by atoms with Crippen LogP contribution in [0.3, 0.4) is 0 Å². The van der Waals surface area contributed by atoms with Crippen LogP contribution < -0.4 is 0 Å². The van der Waals surface area contributed by atoms with Gasteiger partial charge in [0.25, 0.3) is 0 Å². The maximum atomic E-state index is 13.7. The summed E-state index contributed by atoms with van der Waals surface area (Å²) in [5.74, 6) is -65.9. The van der Waals surface area contributed by atoms with Gasteiger partial charge in [-0.15, -0.1) is 0 Å². The number of nitrogens with zero attached hydrogens (tertiary/aromatic N) is 1. The average molecular weight is 599 g/mol. The summed E-state index contributed by atoms with van der Waals surface area (Å²) in [6.45, 7) is 3.10. The van der Waals surface area contributed by atoms with Crippen LogP contribution >= 0.6 is 0 Å². The zero-order chi connectivity index (χ0) is 29.6. The molecular formula is C15H16F19NSi. The van der Waals surface area contributed by atoms with Gasteiger partial charge in [-0.1, -0.05) is 13.8 Å². The summed E-state index contributed by atoms with van der Waals surface area (Å²) >= 11 is 0. The number of halogens is 19. The molecule has 0 unspecified atom stereocenters. The van der Waals surface area contributed by atoms with Crippen molar-refractivity contribution in [3.63, 3.8) is 0 Å². The van der Waals surface area contributed by atoms with Crippen LogP contribution in [0, 0.1) is 0 Å². The van der Waals surface area contributed by atoms with Crippen molar-refractivity contribution in [3.05, 3.63) is 0 Å². The normalized spacial score (nSPS) is 16.5. The van der Waals surface area contributed by atoms with Crippen molar-refractivity contribution < 1.29 is 83.4 Å². The van der Waals surface area contributed by atoms with Gasteiger partial charge in [0.05, 0.1) is 9.68 Å². The molecule has 36 heavy (non-hydrogen) atoms. The largest absolute Gasteiger partial charge is 0.460 e. The monoisotopic (exact) mass is 599 g/mol. The van der Waals surface area contributed by atoms with E-state index in [1.54, 1.807) is 0 Å². The smallest absolute Gasteiger partial charge is 0.330 e. The molecule has 0 aliphatic rings. The molecule has 0 aliphatic carbocycles. The van der Waals surface area contributed by atoms with E-state index in [0.717, 1.165) is 0 Å². The van der Waals surface area contributed by atoms with Gasteiger partial charge in [-0.2, -0.15) is 83.4 Å². The predicted molar refractivity (Wildman–Crippen MR) is 86.5 cm³/mol. The van der Waals surface area contributed by atoms with E-state index in [1.807, 2.05) is 0 Å². The van der Waals surface area contributed by atoms with E-state index < -0.39 is 75.7 Å². The Bertz CT molecular complexity index is 740. The molecule has 0 amide bonds. The van der Waals surface area contributed by atoms with Gasteiger partial charge in [0.2, 0.25) is 0 Å². The Balaban J connectivity index is 6.54. The maximum absolute atomic E-state index is 13.7. The Morgan fingerprint density at radius 2 is 0.722 bits per heavy atom. The number of rotatable bonds is 13. The van der Waals surface area contributed by atoms with Crippen LogP contribution in [-0.2, 0) is 0 Å². The second-order valence-corrected chi connectivity index (χ2v) is 9.40. The lowest BCUT2D eigenvalue weighted by Gasteiger charge is -2.43.